The number of hydrogen-bond donors (Lipinski definition) is 3. The van der Waals surface area contributed by atoms with Crippen molar-refractivity contribution in [2.24, 2.45) is 10.7 Å². The minimum atomic E-state index is -0.619. The molecule has 0 unspecified atom stereocenters. The molecular formula is C30H31FN4O4. The lowest BCUT2D eigenvalue weighted by molar-refractivity contribution is 0.1000. The van der Waals surface area contributed by atoms with Crippen LogP contribution in [0.2, 0.25) is 0 Å². The molecule has 0 aliphatic carbocycles. The van der Waals surface area contributed by atoms with Gasteiger partial charge in [-0.2, -0.15) is 0 Å². The van der Waals surface area contributed by atoms with Crippen LogP contribution in [0.25, 0.3) is 10.9 Å². The van der Waals surface area contributed by atoms with Gasteiger partial charge in [-0.15, -0.1) is 0 Å². The van der Waals surface area contributed by atoms with Crippen LogP contribution in [0.3, 0.4) is 0 Å². The average Bonchev–Trinajstić information content (AvgIpc) is 3.26. The first kappa shape index (κ1) is 27.5. The third-order valence-corrected chi connectivity index (χ3v) is 6.52. The van der Waals surface area contributed by atoms with Gasteiger partial charge in [-0.3, -0.25) is 14.6 Å². The Kier molecular flexibility index (Phi) is 8.73. The number of primary amides is 1. The van der Waals surface area contributed by atoms with Gasteiger partial charge in [0.05, 0.1) is 17.9 Å². The number of fused-ring (bicyclic) bond motifs is 1. The van der Waals surface area contributed by atoms with E-state index < -0.39 is 11.7 Å². The first-order valence-electron chi connectivity index (χ1n) is 12.8. The van der Waals surface area contributed by atoms with Crippen LogP contribution in [0.15, 0.2) is 65.7 Å². The lowest BCUT2D eigenvalue weighted by Crippen LogP contribution is -2.25. The largest absolute Gasteiger partial charge is 0.494 e. The van der Waals surface area contributed by atoms with Crippen LogP contribution in [-0.2, 0) is 0 Å². The predicted molar refractivity (Wildman–Crippen MR) is 150 cm³/mol. The highest BCUT2D eigenvalue weighted by Gasteiger charge is 2.15. The smallest absolute Gasteiger partial charge is 0.248 e. The Hall–Kier alpha value is -4.50. The zero-order valence-electron chi connectivity index (χ0n) is 21.9. The van der Waals surface area contributed by atoms with Gasteiger partial charge in [0.25, 0.3) is 0 Å². The highest BCUT2D eigenvalue weighted by Crippen LogP contribution is 2.29. The highest BCUT2D eigenvalue weighted by atomic mass is 19.1. The Morgan fingerprint density at radius 2 is 1.79 bits per heavy atom. The number of amides is 1. The monoisotopic (exact) mass is 530 g/mol. The number of aromatic hydroxyl groups is 1. The van der Waals surface area contributed by atoms with E-state index in [1.807, 2.05) is 0 Å². The van der Waals surface area contributed by atoms with Gasteiger partial charge in [0.2, 0.25) is 5.91 Å². The fraction of sp³-hybridized carbons (Fsp3) is 0.233. The molecule has 4 N–H and O–H groups in total. The summed E-state index contributed by atoms with van der Waals surface area (Å²) in [5, 5.41) is 11.1. The van der Waals surface area contributed by atoms with Crippen LogP contribution in [0, 0.1) is 5.82 Å². The number of nitrogens with two attached hydrogens (primary N) is 1. The summed E-state index contributed by atoms with van der Waals surface area (Å²) in [4.78, 5) is 33.9. The molecule has 0 bridgehead atoms. The number of nitrogens with zero attached hydrogens (tertiary/aromatic N) is 2. The van der Waals surface area contributed by atoms with Gasteiger partial charge >= 0.3 is 0 Å². The Morgan fingerprint density at radius 3 is 2.51 bits per heavy atom. The number of ether oxygens (including phenoxy) is 1. The normalized spacial score (nSPS) is 11.5. The van der Waals surface area contributed by atoms with Crippen LogP contribution >= 0.6 is 0 Å². The molecule has 39 heavy (non-hydrogen) atoms. The quantitative estimate of drug-likeness (QED) is 0.132. The van der Waals surface area contributed by atoms with Crippen LogP contribution in [-0.4, -0.2) is 59.1 Å². The standard InChI is InChI=1S/C30H31FN4O4/c1-3-35(4-2)13-6-14-39-27-12-10-22(17-25(27)31)33-18-24-23-11-9-20(16-26(23)34-30(24)38)28(36)19-7-5-8-21(15-19)29(32)37/h5,7-12,15-18,34,38H,3-4,6,13-14H2,1-2H3,(H2,32,37). The summed E-state index contributed by atoms with van der Waals surface area (Å²) in [6.45, 7) is 7.45. The number of benzene rings is 3. The third kappa shape index (κ3) is 6.50. The van der Waals surface area contributed by atoms with Crippen molar-refractivity contribution >= 4 is 34.5 Å². The van der Waals surface area contributed by atoms with Crippen LogP contribution in [0.1, 0.15) is 52.1 Å². The maximum Gasteiger partial charge on any atom is 0.248 e. The van der Waals surface area contributed by atoms with Gasteiger partial charge in [0, 0.05) is 46.4 Å². The molecule has 0 spiro atoms. The SMILES string of the molecule is CCN(CC)CCCOc1ccc(N=Cc2c(O)[nH]c3cc(C(=O)c4cccc(C(N)=O)c4)ccc23)cc1F. The molecule has 0 radical (unpaired) electrons. The molecule has 0 saturated heterocycles. The summed E-state index contributed by atoms with van der Waals surface area (Å²) in [6.07, 6.45) is 2.24. The second kappa shape index (κ2) is 12.4. The van der Waals surface area contributed by atoms with Gasteiger partial charge in [0.1, 0.15) is 0 Å². The first-order chi connectivity index (χ1) is 18.8. The number of nitrogens with one attached hydrogen (secondary N) is 1. The molecule has 0 aliphatic rings. The number of carbonyl (C=O) groups excluding carboxylic acids is 2. The summed E-state index contributed by atoms with van der Waals surface area (Å²) in [5.41, 5.74) is 7.52. The number of H-pyrrole nitrogens is 1. The van der Waals surface area contributed by atoms with Crippen molar-refractivity contribution < 1.29 is 23.8 Å². The number of hydrogen-bond acceptors (Lipinski definition) is 6. The van der Waals surface area contributed by atoms with E-state index in [4.69, 9.17) is 10.5 Å². The molecule has 202 valence electrons. The van der Waals surface area contributed by atoms with E-state index in [1.54, 1.807) is 42.5 Å². The van der Waals surface area contributed by atoms with Crippen molar-refractivity contribution in [3.8, 4) is 11.6 Å². The molecule has 4 rings (SSSR count). The van der Waals surface area contributed by atoms with Crippen LogP contribution in [0.5, 0.6) is 11.6 Å². The first-order valence-corrected chi connectivity index (χ1v) is 12.8. The zero-order valence-corrected chi connectivity index (χ0v) is 21.9. The minimum absolute atomic E-state index is 0.136. The molecule has 0 aliphatic heterocycles. The van der Waals surface area contributed by atoms with Crippen LogP contribution < -0.4 is 10.5 Å². The average molecular weight is 531 g/mol. The summed E-state index contributed by atoms with van der Waals surface area (Å²) in [7, 11) is 0. The maximum atomic E-state index is 14.6. The van der Waals surface area contributed by atoms with E-state index in [2.05, 4.69) is 28.7 Å². The molecule has 4 aromatic rings. The summed E-state index contributed by atoms with van der Waals surface area (Å²) in [6, 6.07) is 15.6. The van der Waals surface area contributed by atoms with E-state index >= 15 is 0 Å². The van der Waals surface area contributed by atoms with Crippen molar-refractivity contribution in [2.45, 2.75) is 20.3 Å². The summed E-state index contributed by atoms with van der Waals surface area (Å²) in [5.74, 6) is -1.40. The Morgan fingerprint density at radius 1 is 1.05 bits per heavy atom. The molecule has 0 fully saturated rings. The summed E-state index contributed by atoms with van der Waals surface area (Å²) >= 11 is 0. The summed E-state index contributed by atoms with van der Waals surface area (Å²) < 4.78 is 20.2. The minimum Gasteiger partial charge on any atom is -0.494 e. The number of halogens is 1. The van der Waals surface area contributed by atoms with Gasteiger partial charge < -0.3 is 25.5 Å². The van der Waals surface area contributed by atoms with Gasteiger partial charge in [-0.05, 0) is 49.8 Å². The van der Waals surface area contributed by atoms with Crippen molar-refractivity contribution in [1.82, 2.24) is 9.88 Å². The fourth-order valence-electron chi connectivity index (χ4n) is 4.29. The lowest BCUT2D eigenvalue weighted by atomic mass is 10.00. The molecule has 0 saturated carbocycles. The number of rotatable bonds is 12. The number of aliphatic imine (C=N–C) groups is 1. The third-order valence-electron chi connectivity index (χ3n) is 6.52. The van der Waals surface area contributed by atoms with Crippen molar-refractivity contribution in [3.05, 3.63) is 88.7 Å². The van der Waals surface area contributed by atoms with E-state index in [0.29, 0.717) is 39.9 Å². The van der Waals surface area contributed by atoms with E-state index in [-0.39, 0.29) is 23.0 Å². The lowest BCUT2D eigenvalue weighted by Gasteiger charge is -2.17. The number of aromatic nitrogens is 1. The fourth-order valence-corrected chi connectivity index (χ4v) is 4.29. The Labute approximate surface area is 225 Å². The maximum absolute atomic E-state index is 14.6. The molecule has 1 amide bonds. The highest BCUT2D eigenvalue weighted by molar-refractivity contribution is 6.12. The Bertz CT molecular complexity index is 1520. The molecule has 1 aromatic heterocycles. The topological polar surface area (TPSA) is 121 Å². The van der Waals surface area contributed by atoms with Gasteiger partial charge in [-0.25, -0.2) is 4.39 Å². The van der Waals surface area contributed by atoms with Crippen molar-refractivity contribution in [3.63, 3.8) is 0 Å². The Balaban J connectivity index is 1.47. The zero-order chi connectivity index (χ0) is 27.9. The number of carbonyl (C=O) groups is 2. The molecule has 8 nitrogen and oxygen atoms in total. The molecule has 9 heteroatoms. The van der Waals surface area contributed by atoms with Crippen molar-refractivity contribution in [1.29, 1.82) is 0 Å². The van der Waals surface area contributed by atoms with Gasteiger partial charge in [0.15, 0.2) is 23.2 Å². The number of aromatic amines is 1. The van der Waals surface area contributed by atoms with Gasteiger partial charge in [-0.1, -0.05) is 38.1 Å². The van der Waals surface area contributed by atoms with E-state index in [0.717, 1.165) is 26.1 Å². The number of ketones is 1. The van der Waals surface area contributed by atoms with Crippen LogP contribution in [0.4, 0.5) is 10.1 Å². The molecule has 1 heterocycles. The predicted octanol–water partition coefficient (Wildman–Crippen LogP) is 5.20. The van der Waals surface area contributed by atoms with E-state index in [1.165, 1.54) is 24.4 Å². The molecular weight excluding hydrogens is 499 g/mol. The van der Waals surface area contributed by atoms with Crippen molar-refractivity contribution in [2.75, 3.05) is 26.2 Å². The second-order valence-corrected chi connectivity index (χ2v) is 9.02. The molecule has 0 atom stereocenters. The molecule has 3 aromatic carbocycles. The van der Waals surface area contributed by atoms with E-state index in [9.17, 15) is 19.1 Å². The second-order valence-electron chi connectivity index (χ2n) is 9.02.